The van der Waals surface area contributed by atoms with Crippen LogP contribution in [-0.4, -0.2) is 29.0 Å². The molecule has 0 aromatic heterocycles. The normalized spacial score (nSPS) is 10.4. The summed E-state index contributed by atoms with van der Waals surface area (Å²) in [5.41, 5.74) is 0.302. The number of aromatic hydroxyl groups is 1. The molecule has 0 aliphatic heterocycles. The van der Waals surface area contributed by atoms with Crippen LogP contribution in [0.3, 0.4) is 0 Å². The van der Waals surface area contributed by atoms with Gasteiger partial charge in [0.1, 0.15) is 5.75 Å². The number of rotatable bonds is 7. The number of hydrogen-bond donors (Lipinski definition) is 2. The number of amides is 1. The molecule has 4 heteroatoms. The minimum atomic E-state index is -0.255. The highest BCUT2D eigenvalue weighted by Crippen LogP contribution is 2.14. The third kappa shape index (κ3) is 4.87. The fourth-order valence-corrected chi connectivity index (χ4v) is 1.64. The molecular formula is C15H20N2O2. The number of allylic oxidation sites excluding steroid dienone is 1. The average molecular weight is 260 g/mol. The van der Waals surface area contributed by atoms with E-state index in [0.29, 0.717) is 12.1 Å². The summed E-state index contributed by atoms with van der Waals surface area (Å²) in [6.07, 6.45) is 6.40. The quantitative estimate of drug-likeness (QED) is 0.741. The number of carbonyl (C=O) groups is 1. The Morgan fingerprint density at radius 1 is 1.47 bits per heavy atom. The monoisotopic (exact) mass is 260 g/mol. The zero-order valence-corrected chi connectivity index (χ0v) is 11.2. The van der Waals surface area contributed by atoms with Crippen LogP contribution in [0.1, 0.15) is 23.7 Å². The van der Waals surface area contributed by atoms with Crippen molar-refractivity contribution in [3.05, 3.63) is 54.9 Å². The van der Waals surface area contributed by atoms with E-state index in [4.69, 9.17) is 0 Å². The van der Waals surface area contributed by atoms with Gasteiger partial charge in [-0.15, -0.1) is 0 Å². The average Bonchev–Trinajstić information content (AvgIpc) is 2.42. The lowest BCUT2D eigenvalue weighted by molar-refractivity contribution is 0.0950. The van der Waals surface area contributed by atoms with Gasteiger partial charge in [-0.25, -0.2) is 0 Å². The smallest absolute Gasteiger partial charge is 0.255 e. The van der Waals surface area contributed by atoms with E-state index in [1.807, 2.05) is 24.1 Å². The van der Waals surface area contributed by atoms with Crippen LogP contribution < -0.4 is 5.32 Å². The Kier molecular flexibility index (Phi) is 6.22. The number of para-hydroxylation sites is 1. The van der Waals surface area contributed by atoms with Crippen molar-refractivity contribution in [3.8, 4) is 5.75 Å². The van der Waals surface area contributed by atoms with Crippen molar-refractivity contribution >= 4 is 5.91 Å². The first-order valence-electron chi connectivity index (χ1n) is 6.26. The van der Waals surface area contributed by atoms with Gasteiger partial charge in [-0.1, -0.05) is 24.8 Å². The zero-order chi connectivity index (χ0) is 14.1. The lowest BCUT2D eigenvalue weighted by atomic mass is 10.2. The van der Waals surface area contributed by atoms with Gasteiger partial charge in [0.15, 0.2) is 0 Å². The SMILES string of the molecule is C=CN(/C=C\C)CCCNC(=O)c1ccccc1O. The maximum atomic E-state index is 11.8. The molecule has 0 saturated heterocycles. The summed E-state index contributed by atoms with van der Waals surface area (Å²) in [7, 11) is 0. The van der Waals surface area contributed by atoms with Crippen LogP contribution in [0.5, 0.6) is 5.75 Å². The molecule has 102 valence electrons. The number of phenolic OH excluding ortho intramolecular Hbond substituents is 1. The van der Waals surface area contributed by atoms with Crippen LogP contribution in [0.4, 0.5) is 0 Å². The Labute approximate surface area is 114 Å². The maximum absolute atomic E-state index is 11.8. The summed E-state index contributed by atoms with van der Waals surface area (Å²) in [4.78, 5) is 13.7. The fraction of sp³-hybridized carbons (Fsp3) is 0.267. The van der Waals surface area contributed by atoms with Crippen LogP contribution in [0.15, 0.2) is 49.3 Å². The number of benzene rings is 1. The van der Waals surface area contributed by atoms with E-state index < -0.39 is 0 Å². The van der Waals surface area contributed by atoms with Crippen molar-refractivity contribution in [2.45, 2.75) is 13.3 Å². The number of phenols is 1. The van der Waals surface area contributed by atoms with Crippen LogP contribution in [0.25, 0.3) is 0 Å². The van der Waals surface area contributed by atoms with E-state index in [-0.39, 0.29) is 11.7 Å². The second kappa shape index (κ2) is 7.97. The molecule has 0 unspecified atom stereocenters. The van der Waals surface area contributed by atoms with Gasteiger partial charge >= 0.3 is 0 Å². The Morgan fingerprint density at radius 3 is 2.84 bits per heavy atom. The molecule has 1 rings (SSSR count). The summed E-state index contributed by atoms with van der Waals surface area (Å²) in [5, 5.41) is 12.3. The second-order valence-corrected chi connectivity index (χ2v) is 4.03. The van der Waals surface area contributed by atoms with Gasteiger partial charge in [-0.05, 0) is 37.9 Å². The first-order chi connectivity index (χ1) is 9.19. The molecule has 1 amide bonds. The number of carbonyl (C=O) groups excluding carboxylic acids is 1. The molecule has 0 fully saturated rings. The van der Waals surface area contributed by atoms with Gasteiger partial charge in [0.05, 0.1) is 5.56 Å². The topological polar surface area (TPSA) is 52.6 Å². The van der Waals surface area contributed by atoms with Crippen molar-refractivity contribution in [2.24, 2.45) is 0 Å². The summed E-state index contributed by atoms with van der Waals surface area (Å²) in [5.74, 6) is -0.254. The number of nitrogens with zero attached hydrogens (tertiary/aromatic N) is 1. The first-order valence-corrected chi connectivity index (χ1v) is 6.26. The van der Waals surface area contributed by atoms with Gasteiger partial charge in [-0.3, -0.25) is 4.79 Å². The molecule has 0 atom stereocenters. The predicted octanol–water partition coefficient (Wildman–Crippen LogP) is 2.49. The minimum absolute atomic E-state index is 0.00151. The largest absolute Gasteiger partial charge is 0.507 e. The van der Waals surface area contributed by atoms with E-state index >= 15 is 0 Å². The maximum Gasteiger partial charge on any atom is 0.255 e. The van der Waals surface area contributed by atoms with Crippen molar-refractivity contribution < 1.29 is 9.90 Å². The molecule has 0 radical (unpaired) electrons. The highest BCUT2D eigenvalue weighted by atomic mass is 16.3. The van der Waals surface area contributed by atoms with E-state index in [9.17, 15) is 9.90 Å². The molecule has 0 aliphatic rings. The molecule has 0 aliphatic carbocycles. The lowest BCUT2D eigenvalue weighted by Crippen LogP contribution is -2.26. The third-order valence-electron chi connectivity index (χ3n) is 2.60. The third-order valence-corrected chi connectivity index (χ3v) is 2.60. The van der Waals surface area contributed by atoms with Crippen LogP contribution >= 0.6 is 0 Å². The molecule has 4 nitrogen and oxygen atoms in total. The Balaban J connectivity index is 2.36. The molecular weight excluding hydrogens is 240 g/mol. The summed E-state index contributed by atoms with van der Waals surface area (Å²) >= 11 is 0. The van der Waals surface area contributed by atoms with E-state index in [1.54, 1.807) is 24.4 Å². The van der Waals surface area contributed by atoms with Crippen molar-refractivity contribution in [3.63, 3.8) is 0 Å². The zero-order valence-electron chi connectivity index (χ0n) is 11.2. The molecule has 19 heavy (non-hydrogen) atoms. The molecule has 2 N–H and O–H groups in total. The Bertz CT molecular complexity index is 455. The molecule has 0 spiro atoms. The summed E-state index contributed by atoms with van der Waals surface area (Å²) in [6, 6.07) is 6.51. The van der Waals surface area contributed by atoms with Crippen molar-refractivity contribution in [2.75, 3.05) is 13.1 Å². The van der Waals surface area contributed by atoms with Crippen molar-refractivity contribution in [1.29, 1.82) is 0 Å². The first kappa shape index (κ1) is 14.8. The van der Waals surface area contributed by atoms with Crippen molar-refractivity contribution in [1.82, 2.24) is 10.2 Å². The van der Waals surface area contributed by atoms with Gasteiger partial charge in [0.2, 0.25) is 0 Å². The fourth-order valence-electron chi connectivity index (χ4n) is 1.64. The van der Waals surface area contributed by atoms with E-state index in [0.717, 1.165) is 13.0 Å². The van der Waals surface area contributed by atoms with Gasteiger partial charge < -0.3 is 15.3 Å². The molecule has 0 bridgehead atoms. The van der Waals surface area contributed by atoms with Crippen LogP contribution in [-0.2, 0) is 0 Å². The summed E-state index contributed by atoms with van der Waals surface area (Å²) in [6.45, 7) is 6.99. The molecule has 1 aromatic carbocycles. The lowest BCUT2D eigenvalue weighted by Gasteiger charge is -2.14. The van der Waals surface area contributed by atoms with Gasteiger partial charge in [0.25, 0.3) is 5.91 Å². The molecule has 0 heterocycles. The number of hydrogen-bond acceptors (Lipinski definition) is 3. The van der Waals surface area contributed by atoms with E-state index in [2.05, 4.69) is 11.9 Å². The predicted molar refractivity (Wildman–Crippen MR) is 76.8 cm³/mol. The second-order valence-electron chi connectivity index (χ2n) is 4.03. The summed E-state index contributed by atoms with van der Waals surface area (Å²) < 4.78 is 0. The van der Waals surface area contributed by atoms with Crippen LogP contribution in [0.2, 0.25) is 0 Å². The van der Waals surface area contributed by atoms with Gasteiger partial charge in [0, 0.05) is 13.1 Å². The van der Waals surface area contributed by atoms with Gasteiger partial charge in [-0.2, -0.15) is 0 Å². The molecule has 0 saturated carbocycles. The molecule has 1 aromatic rings. The Morgan fingerprint density at radius 2 is 2.21 bits per heavy atom. The highest BCUT2D eigenvalue weighted by Gasteiger charge is 2.08. The minimum Gasteiger partial charge on any atom is -0.507 e. The van der Waals surface area contributed by atoms with E-state index in [1.165, 1.54) is 6.07 Å². The highest BCUT2D eigenvalue weighted by molar-refractivity contribution is 5.96. The van der Waals surface area contributed by atoms with Crippen LogP contribution in [0, 0.1) is 0 Å². The standard InChI is InChI=1S/C15H20N2O2/c1-3-11-17(4-2)12-7-10-16-15(19)13-8-5-6-9-14(13)18/h3-6,8-9,11,18H,2,7,10,12H2,1H3,(H,16,19)/b11-3-. The number of nitrogens with one attached hydrogen (secondary N) is 1. The Hall–Kier alpha value is -2.23.